The highest BCUT2D eigenvalue weighted by Gasteiger charge is 2.55. The van der Waals surface area contributed by atoms with Gasteiger partial charge in [-0.25, -0.2) is 4.98 Å². The molecule has 1 aromatic heterocycles. The van der Waals surface area contributed by atoms with Crippen molar-refractivity contribution >= 4 is 29.3 Å². The summed E-state index contributed by atoms with van der Waals surface area (Å²) in [5.74, 6) is 3.64. The maximum atomic E-state index is 11.7. The molecule has 5 atom stereocenters. The zero-order valence-corrected chi connectivity index (χ0v) is 27.9. The molecule has 10 heteroatoms. The largest absolute Gasteiger partial charge is 0.368 e. The minimum Gasteiger partial charge on any atom is -0.368 e. The first-order valence-electron chi connectivity index (χ1n) is 17.6. The van der Waals surface area contributed by atoms with E-state index in [1.807, 2.05) is 29.2 Å². The van der Waals surface area contributed by atoms with Crippen molar-refractivity contribution in [2.45, 2.75) is 108 Å². The average molecular weight is 645 g/mol. The Hall–Kier alpha value is -2.93. The number of aromatic nitrogens is 2. The molecule has 1 aliphatic heterocycles. The van der Waals surface area contributed by atoms with Crippen LogP contribution in [0.25, 0.3) is 0 Å². The van der Waals surface area contributed by atoms with Crippen molar-refractivity contribution in [3.63, 3.8) is 0 Å². The van der Waals surface area contributed by atoms with Gasteiger partial charge in [0.1, 0.15) is 17.5 Å². The number of hydrogen-bond acceptors (Lipinski definition) is 8. The topological polar surface area (TPSA) is 118 Å². The highest BCUT2D eigenvalue weighted by molar-refractivity contribution is 6.31. The third kappa shape index (κ3) is 7.00. The third-order valence-electron chi connectivity index (χ3n) is 11.9. The van der Waals surface area contributed by atoms with Crippen LogP contribution in [0.2, 0.25) is 5.02 Å². The average Bonchev–Trinajstić information content (AvgIpc) is 3.06. The SMILES string of the molecule is CC(=O)N1CCC(NC2CCC(NC3C4CC5C[C@@H]3CC(CNc3nc(NCc6ccccc6Cl)ncc3C#N)(C5)C4)CC2)CC1. The van der Waals surface area contributed by atoms with Crippen LogP contribution in [0, 0.1) is 34.5 Å². The van der Waals surface area contributed by atoms with E-state index in [1.165, 1.54) is 57.8 Å². The van der Waals surface area contributed by atoms with E-state index in [2.05, 4.69) is 32.3 Å². The molecule has 6 fully saturated rings. The van der Waals surface area contributed by atoms with E-state index >= 15 is 0 Å². The van der Waals surface area contributed by atoms with Crippen LogP contribution in [0.3, 0.4) is 0 Å². The molecule has 246 valence electrons. The summed E-state index contributed by atoms with van der Waals surface area (Å²) in [6, 6.07) is 12.5. The summed E-state index contributed by atoms with van der Waals surface area (Å²) in [6.45, 7) is 4.86. The van der Waals surface area contributed by atoms with Crippen LogP contribution < -0.4 is 21.3 Å². The zero-order valence-electron chi connectivity index (χ0n) is 27.1. The number of nitrogens with zero attached hydrogens (tertiary/aromatic N) is 4. The Labute approximate surface area is 278 Å². The van der Waals surface area contributed by atoms with Gasteiger partial charge in [-0.3, -0.25) is 4.79 Å². The number of amides is 1. The number of halogens is 1. The molecule has 8 rings (SSSR count). The van der Waals surface area contributed by atoms with E-state index in [9.17, 15) is 10.1 Å². The summed E-state index contributed by atoms with van der Waals surface area (Å²) in [5, 5.41) is 25.6. The first-order chi connectivity index (χ1) is 22.4. The van der Waals surface area contributed by atoms with Gasteiger partial charge in [-0.1, -0.05) is 29.8 Å². The molecular weight excluding hydrogens is 596 g/mol. The molecule has 1 amide bonds. The van der Waals surface area contributed by atoms with Crippen molar-refractivity contribution in [2.24, 2.45) is 23.2 Å². The standard InChI is InChI=1S/C36H49ClN8O/c1-23(46)45-12-10-31(11-13-45)42-29-6-8-30(9-7-29)43-33-26-14-24-15-27(33)18-36(16-24,17-26)22-41-34-28(19-38)21-40-35(44-34)39-20-25-4-2-3-5-32(25)37/h2-5,21,24,26-27,29-31,33,42-43H,6-18,20,22H2,1H3,(H2,39,40,41,44)/t24?,26-,27?,29?,30?,33?,36?/m1/s1. The summed E-state index contributed by atoms with van der Waals surface area (Å²) in [5.41, 5.74) is 1.74. The predicted octanol–water partition coefficient (Wildman–Crippen LogP) is 5.72. The van der Waals surface area contributed by atoms with Crippen LogP contribution >= 0.6 is 11.6 Å². The van der Waals surface area contributed by atoms with Gasteiger partial charge in [0.2, 0.25) is 11.9 Å². The molecule has 1 aromatic carbocycles. The van der Waals surface area contributed by atoms with Crippen LogP contribution in [0.15, 0.2) is 30.5 Å². The van der Waals surface area contributed by atoms with Crippen molar-refractivity contribution in [3.8, 4) is 6.07 Å². The Balaban J connectivity index is 0.909. The number of likely N-dealkylation sites (tertiary alicyclic amines) is 1. The molecule has 4 N–H and O–H groups in total. The van der Waals surface area contributed by atoms with Crippen LogP contribution in [-0.2, 0) is 11.3 Å². The van der Waals surface area contributed by atoms with E-state index < -0.39 is 0 Å². The normalized spacial score (nSPS) is 32.2. The maximum Gasteiger partial charge on any atom is 0.224 e. The summed E-state index contributed by atoms with van der Waals surface area (Å²) < 4.78 is 0. The third-order valence-corrected chi connectivity index (χ3v) is 12.3. The van der Waals surface area contributed by atoms with Crippen LogP contribution in [0.5, 0.6) is 0 Å². The number of benzene rings is 1. The van der Waals surface area contributed by atoms with Gasteiger partial charge < -0.3 is 26.2 Å². The molecule has 9 nitrogen and oxygen atoms in total. The first-order valence-corrected chi connectivity index (χ1v) is 18.0. The number of nitriles is 1. The summed E-state index contributed by atoms with van der Waals surface area (Å²) in [6.07, 6.45) is 15.3. The number of piperidine rings is 1. The molecule has 0 radical (unpaired) electrons. The molecule has 4 unspecified atom stereocenters. The lowest BCUT2D eigenvalue weighted by Gasteiger charge is -2.61. The Morgan fingerprint density at radius 3 is 2.33 bits per heavy atom. The van der Waals surface area contributed by atoms with Crippen LogP contribution in [0.1, 0.15) is 88.7 Å². The molecule has 46 heavy (non-hydrogen) atoms. The van der Waals surface area contributed by atoms with Gasteiger partial charge >= 0.3 is 0 Å². The van der Waals surface area contributed by atoms with E-state index in [4.69, 9.17) is 16.6 Å². The molecule has 2 aromatic rings. The molecule has 0 spiro atoms. The molecule has 2 heterocycles. The van der Waals surface area contributed by atoms with E-state index in [-0.39, 0.29) is 11.3 Å². The minimum absolute atomic E-state index is 0.212. The van der Waals surface area contributed by atoms with Crippen molar-refractivity contribution in [1.82, 2.24) is 25.5 Å². The quantitative estimate of drug-likeness (QED) is 0.259. The highest BCUT2D eigenvalue weighted by Crippen LogP contribution is 2.60. The van der Waals surface area contributed by atoms with Crippen molar-refractivity contribution in [3.05, 3.63) is 46.6 Å². The molecular formula is C36H49ClN8O. The van der Waals surface area contributed by atoms with Crippen molar-refractivity contribution < 1.29 is 4.79 Å². The second-order valence-electron chi connectivity index (χ2n) is 15.0. The highest BCUT2D eigenvalue weighted by atomic mass is 35.5. The van der Waals surface area contributed by atoms with Gasteiger partial charge in [0.25, 0.3) is 0 Å². The lowest BCUT2D eigenvalue weighted by Crippen LogP contribution is -2.61. The minimum atomic E-state index is 0.212. The Kier molecular flexibility index (Phi) is 9.40. The van der Waals surface area contributed by atoms with Gasteiger partial charge in [-0.2, -0.15) is 10.2 Å². The second-order valence-corrected chi connectivity index (χ2v) is 15.4. The fraction of sp³-hybridized carbons (Fsp3) is 0.667. The van der Waals surface area contributed by atoms with E-state index in [0.717, 1.165) is 55.8 Å². The molecule has 6 aliphatic rings. The predicted molar refractivity (Wildman–Crippen MR) is 181 cm³/mol. The fourth-order valence-electron chi connectivity index (χ4n) is 9.85. The summed E-state index contributed by atoms with van der Waals surface area (Å²) in [7, 11) is 0. The number of hydrogen-bond donors (Lipinski definition) is 4. The second kappa shape index (κ2) is 13.7. The van der Waals surface area contributed by atoms with Crippen LogP contribution in [-0.4, -0.2) is 64.6 Å². The molecule has 4 bridgehead atoms. The summed E-state index contributed by atoms with van der Waals surface area (Å²) in [4.78, 5) is 22.8. The smallest absolute Gasteiger partial charge is 0.224 e. The van der Waals surface area contributed by atoms with Crippen molar-refractivity contribution in [1.29, 1.82) is 5.26 Å². The number of carbonyl (C=O) groups is 1. The van der Waals surface area contributed by atoms with Gasteiger partial charge in [0.05, 0.1) is 6.20 Å². The van der Waals surface area contributed by atoms with Gasteiger partial charge in [-0.15, -0.1) is 0 Å². The first kappa shape index (κ1) is 31.7. The molecule has 5 saturated carbocycles. The molecule has 1 saturated heterocycles. The lowest BCUT2D eigenvalue weighted by atomic mass is 9.47. The van der Waals surface area contributed by atoms with Crippen LogP contribution in [0.4, 0.5) is 11.8 Å². The van der Waals surface area contributed by atoms with E-state index in [0.29, 0.717) is 53.1 Å². The lowest BCUT2D eigenvalue weighted by molar-refractivity contribution is -0.129. The monoisotopic (exact) mass is 644 g/mol. The van der Waals surface area contributed by atoms with Gasteiger partial charge in [0, 0.05) is 62.3 Å². The number of nitrogens with one attached hydrogen (secondary N) is 4. The number of rotatable bonds is 10. The van der Waals surface area contributed by atoms with Crippen molar-refractivity contribution in [2.75, 3.05) is 30.3 Å². The zero-order chi connectivity index (χ0) is 31.7. The summed E-state index contributed by atoms with van der Waals surface area (Å²) >= 11 is 6.33. The maximum absolute atomic E-state index is 11.7. The Morgan fingerprint density at radius 2 is 1.65 bits per heavy atom. The fourth-order valence-corrected chi connectivity index (χ4v) is 10.0. The number of carbonyl (C=O) groups excluding carboxylic acids is 1. The van der Waals surface area contributed by atoms with Gasteiger partial charge in [-0.05, 0) is 105 Å². The van der Waals surface area contributed by atoms with E-state index in [1.54, 1.807) is 13.1 Å². The number of anilines is 2. The molecule has 5 aliphatic carbocycles. The van der Waals surface area contributed by atoms with Gasteiger partial charge in [0.15, 0.2) is 0 Å². The Morgan fingerprint density at radius 1 is 0.978 bits per heavy atom. The Bertz CT molecular complexity index is 1410.